The molecule has 5 nitrogen and oxygen atoms in total. The number of methoxy groups -OCH3 is 1. The number of nitrogens with one attached hydrogen (secondary N) is 1. The van der Waals surface area contributed by atoms with Crippen molar-refractivity contribution < 1.29 is 13.2 Å². The minimum absolute atomic E-state index is 0.0586. The maximum Gasteiger partial charge on any atom is 0.213 e. The Labute approximate surface area is 95.7 Å². The van der Waals surface area contributed by atoms with Crippen LogP contribution in [0.4, 0.5) is 0 Å². The monoisotopic (exact) mass is 244 g/mol. The van der Waals surface area contributed by atoms with Crippen LogP contribution in [0.2, 0.25) is 0 Å². The van der Waals surface area contributed by atoms with Crippen molar-refractivity contribution in [2.75, 3.05) is 19.4 Å². The van der Waals surface area contributed by atoms with Crippen LogP contribution in [-0.4, -0.2) is 27.8 Å². The van der Waals surface area contributed by atoms with Gasteiger partial charge in [0.25, 0.3) is 0 Å². The summed E-state index contributed by atoms with van der Waals surface area (Å²) in [6, 6.07) is 7.22. The number of ether oxygens (including phenoxy) is 1. The zero-order valence-corrected chi connectivity index (χ0v) is 9.96. The quantitative estimate of drug-likeness (QED) is 0.742. The van der Waals surface area contributed by atoms with Crippen LogP contribution in [0.25, 0.3) is 0 Å². The standard InChI is InChI=1S/C10H16N2O3S/c1-15-10-4-2-3-9(7-10)8-12-16(13,14)6-5-11/h2-4,7,12H,5-6,8,11H2,1H3. The summed E-state index contributed by atoms with van der Waals surface area (Å²) >= 11 is 0. The molecule has 1 aromatic carbocycles. The fourth-order valence-corrected chi connectivity index (χ4v) is 2.04. The summed E-state index contributed by atoms with van der Waals surface area (Å²) in [5.41, 5.74) is 6.04. The van der Waals surface area contributed by atoms with Crippen molar-refractivity contribution in [2.24, 2.45) is 5.73 Å². The van der Waals surface area contributed by atoms with Crippen LogP contribution < -0.4 is 15.2 Å². The molecule has 0 bridgehead atoms. The van der Waals surface area contributed by atoms with Gasteiger partial charge in [0.2, 0.25) is 10.0 Å². The van der Waals surface area contributed by atoms with Gasteiger partial charge in [-0.3, -0.25) is 0 Å². The maximum absolute atomic E-state index is 11.3. The third kappa shape index (κ3) is 4.18. The van der Waals surface area contributed by atoms with Crippen LogP contribution in [0.1, 0.15) is 5.56 Å². The molecular formula is C10H16N2O3S. The van der Waals surface area contributed by atoms with Gasteiger partial charge in [-0.15, -0.1) is 0 Å². The van der Waals surface area contributed by atoms with E-state index in [0.717, 1.165) is 5.56 Å². The summed E-state index contributed by atoms with van der Waals surface area (Å²) in [6.45, 7) is 0.368. The summed E-state index contributed by atoms with van der Waals surface area (Å²) in [7, 11) is -1.70. The Bertz CT molecular complexity index is 431. The second-order valence-corrected chi connectivity index (χ2v) is 5.21. The topological polar surface area (TPSA) is 81.4 Å². The Hall–Kier alpha value is -1.11. The van der Waals surface area contributed by atoms with Gasteiger partial charge in [-0.2, -0.15) is 0 Å². The van der Waals surface area contributed by atoms with E-state index in [9.17, 15) is 8.42 Å². The highest BCUT2D eigenvalue weighted by Crippen LogP contribution is 2.12. The number of hydrogen-bond acceptors (Lipinski definition) is 4. The number of nitrogens with two attached hydrogens (primary N) is 1. The van der Waals surface area contributed by atoms with E-state index in [1.807, 2.05) is 12.1 Å². The molecule has 0 aromatic heterocycles. The van der Waals surface area contributed by atoms with E-state index in [0.29, 0.717) is 5.75 Å². The van der Waals surface area contributed by atoms with Crippen molar-refractivity contribution >= 4 is 10.0 Å². The van der Waals surface area contributed by atoms with Gasteiger partial charge in [-0.05, 0) is 17.7 Å². The van der Waals surface area contributed by atoms with Crippen LogP contribution in [-0.2, 0) is 16.6 Å². The Morgan fingerprint density at radius 1 is 1.44 bits per heavy atom. The first kappa shape index (κ1) is 13.0. The third-order valence-electron chi connectivity index (χ3n) is 2.02. The molecule has 16 heavy (non-hydrogen) atoms. The molecule has 6 heteroatoms. The Balaban J connectivity index is 2.61. The molecule has 1 aromatic rings. The predicted molar refractivity (Wildman–Crippen MR) is 62.7 cm³/mol. The number of benzene rings is 1. The van der Waals surface area contributed by atoms with Gasteiger partial charge in [-0.25, -0.2) is 13.1 Å². The molecule has 0 spiro atoms. The van der Waals surface area contributed by atoms with Gasteiger partial charge in [0, 0.05) is 13.1 Å². The molecule has 0 atom stereocenters. The summed E-state index contributed by atoms with van der Waals surface area (Å²) in [5, 5.41) is 0. The molecule has 0 heterocycles. The molecule has 0 saturated carbocycles. The van der Waals surface area contributed by atoms with E-state index in [2.05, 4.69) is 4.72 Å². The van der Waals surface area contributed by atoms with E-state index in [1.54, 1.807) is 19.2 Å². The van der Waals surface area contributed by atoms with Crippen molar-refractivity contribution in [1.29, 1.82) is 0 Å². The van der Waals surface area contributed by atoms with Crippen molar-refractivity contribution in [1.82, 2.24) is 4.72 Å². The zero-order chi connectivity index (χ0) is 12.0. The molecule has 0 aliphatic rings. The van der Waals surface area contributed by atoms with Crippen LogP contribution in [0.3, 0.4) is 0 Å². The molecule has 0 unspecified atom stereocenters. The van der Waals surface area contributed by atoms with Crippen LogP contribution in [0, 0.1) is 0 Å². The van der Waals surface area contributed by atoms with Crippen molar-refractivity contribution in [3.63, 3.8) is 0 Å². The second-order valence-electron chi connectivity index (χ2n) is 3.28. The fraction of sp³-hybridized carbons (Fsp3) is 0.400. The van der Waals surface area contributed by atoms with Gasteiger partial charge in [0.15, 0.2) is 0 Å². The largest absolute Gasteiger partial charge is 0.497 e. The lowest BCUT2D eigenvalue weighted by Gasteiger charge is -2.06. The van der Waals surface area contributed by atoms with Crippen molar-refractivity contribution in [3.05, 3.63) is 29.8 Å². The summed E-state index contributed by atoms with van der Waals surface area (Å²) < 4.78 is 30.2. The van der Waals surface area contributed by atoms with Crippen LogP contribution in [0.5, 0.6) is 5.75 Å². The lowest BCUT2D eigenvalue weighted by molar-refractivity contribution is 0.414. The van der Waals surface area contributed by atoms with Gasteiger partial charge in [0.05, 0.1) is 12.9 Å². The normalized spacial score (nSPS) is 11.4. The van der Waals surface area contributed by atoms with Crippen molar-refractivity contribution in [3.8, 4) is 5.75 Å². The molecular weight excluding hydrogens is 228 g/mol. The van der Waals surface area contributed by atoms with Gasteiger partial charge < -0.3 is 10.5 Å². The van der Waals surface area contributed by atoms with E-state index < -0.39 is 10.0 Å². The summed E-state index contributed by atoms with van der Waals surface area (Å²) in [4.78, 5) is 0. The first-order valence-electron chi connectivity index (χ1n) is 4.88. The minimum Gasteiger partial charge on any atom is -0.497 e. The molecule has 0 amide bonds. The maximum atomic E-state index is 11.3. The van der Waals surface area contributed by atoms with Gasteiger partial charge in [-0.1, -0.05) is 12.1 Å². The highest BCUT2D eigenvalue weighted by molar-refractivity contribution is 7.89. The summed E-state index contributed by atoms with van der Waals surface area (Å²) in [6.07, 6.45) is 0. The van der Waals surface area contributed by atoms with Gasteiger partial charge in [0.1, 0.15) is 5.75 Å². The molecule has 1 rings (SSSR count). The highest BCUT2D eigenvalue weighted by Gasteiger charge is 2.08. The number of hydrogen-bond donors (Lipinski definition) is 2. The third-order valence-corrected chi connectivity index (χ3v) is 3.37. The lowest BCUT2D eigenvalue weighted by Crippen LogP contribution is -2.29. The first-order chi connectivity index (χ1) is 7.57. The van der Waals surface area contributed by atoms with E-state index in [4.69, 9.17) is 10.5 Å². The van der Waals surface area contributed by atoms with Crippen molar-refractivity contribution in [2.45, 2.75) is 6.54 Å². The smallest absolute Gasteiger partial charge is 0.213 e. The SMILES string of the molecule is COc1cccc(CNS(=O)(=O)CCN)c1. The Morgan fingerprint density at radius 2 is 2.19 bits per heavy atom. The Kier molecular flexibility index (Phi) is 4.72. The zero-order valence-electron chi connectivity index (χ0n) is 9.14. The van der Waals surface area contributed by atoms with Crippen LogP contribution in [0.15, 0.2) is 24.3 Å². The molecule has 3 N–H and O–H groups in total. The molecule has 0 aliphatic heterocycles. The summed E-state index contributed by atoms with van der Waals surface area (Å²) in [5.74, 6) is 0.646. The van der Waals surface area contributed by atoms with E-state index in [-0.39, 0.29) is 18.8 Å². The average Bonchev–Trinajstić information content (AvgIpc) is 2.27. The minimum atomic E-state index is -3.27. The highest BCUT2D eigenvalue weighted by atomic mass is 32.2. The Morgan fingerprint density at radius 3 is 2.81 bits per heavy atom. The molecule has 0 saturated heterocycles. The molecule has 0 aliphatic carbocycles. The number of rotatable bonds is 6. The predicted octanol–water partition coefficient (Wildman–Crippen LogP) is 0.0733. The van der Waals surface area contributed by atoms with Crippen LogP contribution >= 0.6 is 0 Å². The first-order valence-corrected chi connectivity index (χ1v) is 6.53. The second kappa shape index (κ2) is 5.83. The van der Waals surface area contributed by atoms with Gasteiger partial charge >= 0.3 is 0 Å². The molecule has 0 fully saturated rings. The lowest BCUT2D eigenvalue weighted by atomic mass is 10.2. The molecule has 90 valence electrons. The fourth-order valence-electron chi connectivity index (χ4n) is 1.20. The molecule has 0 radical (unpaired) electrons. The average molecular weight is 244 g/mol. The number of sulfonamides is 1. The van der Waals surface area contributed by atoms with E-state index >= 15 is 0 Å². The van der Waals surface area contributed by atoms with E-state index in [1.165, 1.54) is 0 Å².